The lowest BCUT2D eigenvalue weighted by Gasteiger charge is -2.26. The zero-order valence-electron chi connectivity index (χ0n) is 12.2. The molecule has 0 bridgehead atoms. The molecule has 0 saturated heterocycles. The average Bonchev–Trinajstić information content (AvgIpc) is 2.34. The second-order valence-corrected chi connectivity index (χ2v) is 5.03. The van der Waals surface area contributed by atoms with Crippen LogP contribution >= 0.6 is 0 Å². The van der Waals surface area contributed by atoms with Gasteiger partial charge in [0.25, 0.3) is 0 Å². The SMILES string of the molecule is CCCCCN(CCCCC)C(F)CCCC. The number of alkyl halides is 1. The maximum absolute atomic E-state index is 14.0. The van der Waals surface area contributed by atoms with Gasteiger partial charge in [-0.1, -0.05) is 52.9 Å². The Hall–Kier alpha value is -0.110. The lowest BCUT2D eigenvalue weighted by Crippen LogP contribution is -2.34. The van der Waals surface area contributed by atoms with Crippen molar-refractivity contribution in [2.75, 3.05) is 13.1 Å². The number of hydrogen-bond donors (Lipinski definition) is 0. The predicted molar refractivity (Wildman–Crippen MR) is 75.0 cm³/mol. The summed E-state index contributed by atoms with van der Waals surface area (Å²) in [5.41, 5.74) is 0. The number of rotatable bonds is 12. The molecule has 0 heterocycles. The third-order valence-electron chi connectivity index (χ3n) is 3.29. The van der Waals surface area contributed by atoms with E-state index in [4.69, 9.17) is 0 Å². The van der Waals surface area contributed by atoms with Crippen molar-refractivity contribution >= 4 is 0 Å². The van der Waals surface area contributed by atoms with E-state index >= 15 is 0 Å². The van der Waals surface area contributed by atoms with Gasteiger partial charge in [-0.3, -0.25) is 4.90 Å². The van der Waals surface area contributed by atoms with Gasteiger partial charge in [0, 0.05) is 13.1 Å². The predicted octanol–water partition coefficient (Wildman–Crippen LogP) is 5.15. The third kappa shape index (κ3) is 9.58. The highest BCUT2D eigenvalue weighted by Gasteiger charge is 2.15. The van der Waals surface area contributed by atoms with Crippen molar-refractivity contribution < 1.29 is 4.39 Å². The summed E-state index contributed by atoms with van der Waals surface area (Å²) in [7, 11) is 0. The van der Waals surface area contributed by atoms with Crippen molar-refractivity contribution in [3.63, 3.8) is 0 Å². The molecule has 0 aromatic carbocycles. The minimum atomic E-state index is -0.705. The molecule has 17 heavy (non-hydrogen) atoms. The average molecular weight is 245 g/mol. The Balaban J connectivity index is 3.89. The highest BCUT2D eigenvalue weighted by atomic mass is 19.1. The Labute approximate surface area is 108 Å². The van der Waals surface area contributed by atoms with E-state index in [0.29, 0.717) is 0 Å². The molecule has 0 aliphatic carbocycles. The first-order valence-corrected chi connectivity index (χ1v) is 7.64. The lowest BCUT2D eigenvalue weighted by atomic mass is 10.2. The molecule has 2 heteroatoms. The summed E-state index contributed by atoms with van der Waals surface area (Å²) in [6, 6.07) is 0. The van der Waals surface area contributed by atoms with Crippen LogP contribution in [0.4, 0.5) is 4.39 Å². The molecular weight excluding hydrogens is 213 g/mol. The molecule has 0 aliphatic rings. The molecule has 0 fully saturated rings. The fraction of sp³-hybridized carbons (Fsp3) is 1.00. The van der Waals surface area contributed by atoms with Gasteiger partial charge in [0.2, 0.25) is 0 Å². The summed E-state index contributed by atoms with van der Waals surface area (Å²) in [4.78, 5) is 2.07. The van der Waals surface area contributed by atoms with Gasteiger partial charge in [-0.05, 0) is 25.7 Å². The van der Waals surface area contributed by atoms with Gasteiger partial charge < -0.3 is 0 Å². The van der Waals surface area contributed by atoms with Gasteiger partial charge in [0.1, 0.15) is 0 Å². The van der Waals surface area contributed by atoms with Crippen LogP contribution in [0.1, 0.15) is 78.6 Å². The molecule has 104 valence electrons. The van der Waals surface area contributed by atoms with E-state index < -0.39 is 6.30 Å². The van der Waals surface area contributed by atoms with Crippen LogP contribution in [0, 0.1) is 0 Å². The Morgan fingerprint density at radius 3 is 1.65 bits per heavy atom. The summed E-state index contributed by atoms with van der Waals surface area (Å²) >= 11 is 0. The third-order valence-corrected chi connectivity index (χ3v) is 3.29. The van der Waals surface area contributed by atoms with Gasteiger partial charge in [0.15, 0.2) is 6.30 Å². The highest BCUT2D eigenvalue weighted by molar-refractivity contribution is 4.63. The summed E-state index contributed by atoms with van der Waals surface area (Å²) < 4.78 is 14.0. The van der Waals surface area contributed by atoms with E-state index in [1.54, 1.807) is 0 Å². The molecule has 0 aromatic rings. The molecule has 0 saturated carbocycles. The van der Waals surface area contributed by atoms with Gasteiger partial charge in [-0.2, -0.15) is 0 Å². The zero-order valence-corrected chi connectivity index (χ0v) is 12.2. The zero-order chi connectivity index (χ0) is 12.9. The first kappa shape index (κ1) is 16.9. The van der Waals surface area contributed by atoms with Crippen LogP contribution in [0.2, 0.25) is 0 Å². The molecular formula is C15H32FN. The second-order valence-electron chi connectivity index (χ2n) is 5.03. The summed E-state index contributed by atoms with van der Waals surface area (Å²) in [5, 5.41) is 0. The van der Waals surface area contributed by atoms with Crippen molar-refractivity contribution in [2.45, 2.75) is 84.9 Å². The largest absolute Gasteiger partial charge is 0.274 e. The van der Waals surface area contributed by atoms with Crippen LogP contribution in [0.25, 0.3) is 0 Å². The maximum atomic E-state index is 14.0. The van der Waals surface area contributed by atoms with E-state index in [1.165, 1.54) is 25.7 Å². The topological polar surface area (TPSA) is 3.24 Å². The highest BCUT2D eigenvalue weighted by Crippen LogP contribution is 2.13. The molecule has 1 atom stereocenters. The first-order chi connectivity index (χ1) is 8.26. The van der Waals surface area contributed by atoms with Crippen molar-refractivity contribution in [1.29, 1.82) is 0 Å². The minimum absolute atomic E-state index is 0.705. The summed E-state index contributed by atoms with van der Waals surface area (Å²) in [6.07, 6.45) is 9.30. The number of hydrogen-bond acceptors (Lipinski definition) is 1. The van der Waals surface area contributed by atoms with E-state index in [2.05, 4.69) is 25.7 Å². The van der Waals surface area contributed by atoms with Crippen LogP contribution < -0.4 is 0 Å². The van der Waals surface area contributed by atoms with Crippen LogP contribution in [0.15, 0.2) is 0 Å². The van der Waals surface area contributed by atoms with Crippen LogP contribution in [-0.4, -0.2) is 24.3 Å². The Bertz CT molecular complexity index is 140. The number of unbranched alkanes of at least 4 members (excludes halogenated alkanes) is 5. The maximum Gasteiger partial charge on any atom is 0.153 e. The molecule has 0 rings (SSSR count). The first-order valence-electron chi connectivity index (χ1n) is 7.64. The number of halogens is 1. The van der Waals surface area contributed by atoms with Crippen LogP contribution in [0.5, 0.6) is 0 Å². The van der Waals surface area contributed by atoms with E-state index in [9.17, 15) is 4.39 Å². The van der Waals surface area contributed by atoms with E-state index in [-0.39, 0.29) is 0 Å². The summed E-state index contributed by atoms with van der Waals surface area (Å²) in [6.45, 7) is 8.42. The Morgan fingerprint density at radius 2 is 1.24 bits per heavy atom. The molecule has 0 aliphatic heterocycles. The smallest absolute Gasteiger partial charge is 0.153 e. The van der Waals surface area contributed by atoms with Crippen molar-refractivity contribution in [2.24, 2.45) is 0 Å². The fourth-order valence-electron chi connectivity index (χ4n) is 2.08. The van der Waals surface area contributed by atoms with Gasteiger partial charge in [-0.15, -0.1) is 0 Å². The molecule has 0 spiro atoms. The normalized spacial score (nSPS) is 13.2. The van der Waals surface area contributed by atoms with Crippen LogP contribution in [0.3, 0.4) is 0 Å². The minimum Gasteiger partial charge on any atom is -0.274 e. The molecule has 0 aromatic heterocycles. The standard InChI is InChI=1S/C15H32FN/c1-4-7-10-13-17(14-11-8-5-2)15(16)12-9-6-3/h15H,4-14H2,1-3H3. The molecule has 0 amide bonds. The van der Waals surface area contributed by atoms with Crippen molar-refractivity contribution in [3.05, 3.63) is 0 Å². The van der Waals surface area contributed by atoms with Gasteiger partial charge in [-0.25, -0.2) is 4.39 Å². The number of nitrogens with zero attached hydrogens (tertiary/aromatic N) is 1. The molecule has 1 unspecified atom stereocenters. The van der Waals surface area contributed by atoms with Crippen molar-refractivity contribution in [3.8, 4) is 0 Å². The monoisotopic (exact) mass is 245 g/mol. The second kappa shape index (κ2) is 12.3. The van der Waals surface area contributed by atoms with Crippen molar-refractivity contribution in [1.82, 2.24) is 4.90 Å². The molecule has 0 N–H and O–H groups in total. The lowest BCUT2D eigenvalue weighted by molar-refractivity contribution is 0.0691. The molecule has 1 nitrogen and oxygen atoms in total. The quantitative estimate of drug-likeness (QED) is 0.339. The van der Waals surface area contributed by atoms with Gasteiger partial charge >= 0.3 is 0 Å². The van der Waals surface area contributed by atoms with E-state index in [0.717, 1.165) is 45.2 Å². The Morgan fingerprint density at radius 1 is 0.765 bits per heavy atom. The fourth-order valence-corrected chi connectivity index (χ4v) is 2.08. The van der Waals surface area contributed by atoms with Gasteiger partial charge in [0.05, 0.1) is 0 Å². The Kier molecular flexibility index (Phi) is 12.3. The van der Waals surface area contributed by atoms with E-state index in [1.807, 2.05) is 0 Å². The van der Waals surface area contributed by atoms with Crippen LogP contribution in [-0.2, 0) is 0 Å². The molecule has 0 radical (unpaired) electrons. The summed E-state index contributed by atoms with van der Waals surface area (Å²) in [5.74, 6) is 0.